The van der Waals surface area contributed by atoms with Crippen LogP contribution >= 0.6 is 0 Å². The van der Waals surface area contributed by atoms with Gasteiger partial charge >= 0.3 is 12.4 Å². The lowest BCUT2D eigenvalue weighted by atomic mass is 10.0. The van der Waals surface area contributed by atoms with Gasteiger partial charge in [0.2, 0.25) is 5.91 Å². The average Bonchev–Trinajstić information content (AvgIpc) is 2.65. The number of nitrogens with zero attached hydrogens (tertiary/aromatic N) is 3. The first-order valence-corrected chi connectivity index (χ1v) is 8.93. The molecule has 0 radical (unpaired) electrons. The fraction of sp³-hybridized carbons (Fsp3) is 0.500. The van der Waals surface area contributed by atoms with Crippen molar-refractivity contribution in [2.24, 2.45) is 0 Å². The Morgan fingerprint density at radius 2 is 1.73 bits per heavy atom. The summed E-state index contributed by atoms with van der Waals surface area (Å²) in [5.41, 5.74) is -3.95. The highest BCUT2D eigenvalue weighted by Gasteiger charge is 2.39. The maximum Gasteiger partial charge on any atom is 0.418 e. The third-order valence-corrected chi connectivity index (χ3v) is 3.71. The van der Waals surface area contributed by atoms with Crippen molar-refractivity contribution in [3.63, 3.8) is 0 Å². The van der Waals surface area contributed by atoms with Gasteiger partial charge in [0.15, 0.2) is 0 Å². The fourth-order valence-corrected chi connectivity index (χ4v) is 2.34. The number of alkyl halides is 6. The van der Waals surface area contributed by atoms with Crippen LogP contribution in [0.1, 0.15) is 33.3 Å². The number of fused-ring (bicyclic) bond motifs is 1. The van der Waals surface area contributed by atoms with E-state index >= 15 is 0 Å². The van der Waals surface area contributed by atoms with Gasteiger partial charge in [-0.15, -0.1) is 5.10 Å². The lowest BCUT2D eigenvalue weighted by molar-refractivity contribution is -0.142. The van der Waals surface area contributed by atoms with Gasteiger partial charge in [-0.05, 0) is 33.2 Å². The summed E-state index contributed by atoms with van der Waals surface area (Å²) < 4.78 is 79.1. The van der Waals surface area contributed by atoms with E-state index in [9.17, 15) is 31.1 Å². The molecule has 30 heavy (non-hydrogen) atoms. The molecule has 2 rings (SSSR count). The number of halogens is 6. The van der Waals surface area contributed by atoms with Crippen molar-refractivity contribution in [1.82, 2.24) is 20.4 Å². The second kappa shape index (κ2) is 9.92. The van der Waals surface area contributed by atoms with Crippen LogP contribution in [-0.4, -0.2) is 47.8 Å². The van der Waals surface area contributed by atoms with E-state index in [2.05, 4.69) is 20.8 Å². The molecule has 0 saturated heterocycles. The van der Waals surface area contributed by atoms with Gasteiger partial charge in [0, 0.05) is 6.81 Å². The van der Waals surface area contributed by atoms with Crippen molar-refractivity contribution >= 4 is 22.5 Å². The van der Waals surface area contributed by atoms with Crippen LogP contribution in [0.2, 0.25) is 0 Å². The van der Waals surface area contributed by atoms with E-state index < -0.39 is 46.3 Å². The Bertz CT molecular complexity index is 873. The molecule has 0 aliphatic rings. The Morgan fingerprint density at radius 1 is 1.13 bits per heavy atom. The van der Waals surface area contributed by atoms with E-state index in [1.54, 1.807) is 19.0 Å². The lowest BCUT2D eigenvalue weighted by Crippen LogP contribution is -2.41. The molecule has 6 nitrogen and oxygen atoms in total. The third-order valence-electron chi connectivity index (χ3n) is 3.71. The second-order valence-corrected chi connectivity index (χ2v) is 6.32. The van der Waals surface area contributed by atoms with Crippen LogP contribution in [-0.2, 0) is 17.1 Å². The summed E-state index contributed by atoms with van der Waals surface area (Å²) in [5, 5.41) is 11.5. The normalized spacial score (nSPS) is 12.9. The number of carbonyl (C=O) groups excluding carboxylic acids is 1. The lowest BCUT2D eigenvalue weighted by Gasteiger charge is -2.19. The highest BCUT2D eigenvalue weighted by Crippen LogP contribution is 2.40. The highest BCUT2D eigenvalue weighted by atomic mass is 19.4. The molecular formula is C18H25F6N5O. The summed E-state index contributed by atoms with van der Waals surface area (Å²) in [4.78, 5) is 13.7. The molecule has 0 fully saturated rings. The number of hydrogen-bond donors (Lipinski definition) is 2. The fourth-order valence-electron chi connectivity index (χ4n) is 2.34. The standard InChI is InChI=1S/C16H17F6N5O.C2H6.H2/c1-8(14(28)23-7-27(2)3)25-12-6-24-26-13-10(12)4-9(15(17,18)19)5-11(13)16(20,21)22;1-2;/h4-6,8H,7H2,1-3H3,(H,23,28)(H,25,26);1-2H3;1H/t8-;;/m0../s1. The minimum absolute atomic E-state index is 0. The molecular weight excluding hydrogens is 416 g/mol. The van der Waals surface area contributed by atoms with E-state index in [1.807, 2.05) is 13.8 Å². The van der Waals surface area contributed by atoms with Crippen molar-refractivity contribution < 1.29 is 32.6 Å². The molecule has 1 aromatic heterocycles. The third kappa shape index (κ3) is 6.44. The summed E-state index contributed by atoms with van der Waals surface area (Å²) >= 11 is 0. The minimum atomic E-state index is -5.07. The number of anilines is 1. The SMILES string of the molecule is CC.C[C@H](Nc1cnnc2c(C(F)(F)F)cc(C(F)(F)F)cc12)C(=O)NCN(C)C.[HH]. The van der Waals surface area contributed by atoms with Gasteiger partial charge in [-0.1, -0.05) is 13.8 Å². The number of nitrogens with one attached hydrogen (secondary N) is 2. The van der Waals surface area contributed by atoms with Crippen molar-refractivity contribution in [1.29, 1.82) is 0 Å². The summed E-state index contributed by atoms with van der Waals surface area (Å²) in [6, 6.07) is -0.406. The predicted octanol–water partition coefficient (Wildman–Crippen LogP) is 4.38. The molecule has 2 N–H and O–H groups in total. The smallest absolute Gasteiger partial charge is 0.372 e. The molecule has 0 spiro atoms. The zero-order chi connectivity index (χ0) is 23.3. The zero-order valence-corrected chi connectivity index (χ0v) is 17.0. The molecule has 1 aromatic carbocycles. The first kappa shape index (κ1) is 25.4. The van der Waals surface area contributed by atoms with Crippen LogP contribution in [0.4, 0.5) is 32.0 Å². The minimum Gasteiger partial charge on any atom is -0.372 e. The van der Waals surface area contributed by atoms with Crippen LogP contribution < -0.4 is 10.6 Å². The number of amides is 1. The zero-order valence-electron chi connectivity index (χ0n) is 17.0. The van der Waals surface area contributed by atoms with Crippen LogP contribution in [0.3, 0.4) is 0 Å². The molecule has 0 aliphatic heterocycles. The van der Waals surface area contributed by atoms with E-state index in [4.69, 9.17) is 0 Å². The summed E-state index contributed by atoms with van der Waals surface area (Å²) in [6.45, 7) is 5.62. The molecule has 0 aliphatic carbocycles. The largest absolute Gasteiger partial charge is 0.418 e. The van der Waals surface area contributed by atoms with E-state index in [0.717, 1.165) is 6.20 Å². The quantitative estimate of drug-likeness (QED) is 0.533. The number of carbonyl (C=O) groups is 1. The number of hydrogen-bond acceptors (Lipinski definition) is 5. The molecule has 0 saturated carbocycles. The second-order valence-electron chi connectivity index (χ2n) is 6.32. The Balaban J connectivity index is 0.00000291. The Morgan fingerprint density at radius 3 is 2.23 bits per heavy atom. The summed E-state index contributed by atoms with van der Waals surface area (Å²) in [5.74, 6) is -0.498. The average molecular weight is 441 g/mol. The Kier molecular flexibility index (Phi) is 8.40. The van der Waals surface area contributed by atoms with Gasteiger partial charge in [-0.3, -0.25) is 9.69 Å². The van der Waals surface area contributed by atoms with Crippen molar-refractivity contribution in [2.45, 2.75) is 39.2 Å². The molecule has 170 valence electrons. The van der Waals surface area contributed by atoms with E-state index in [-0.39, 0.29) is 19.8 Å². The summed E-state index contributed by atoms with van der Waals surface area (Å²) in [7, 11) is 3.41. The summed E-state index contributed by atoms with van der Waals surface area (Å²) in [6.07, 6.45) is -9.09. The maximum absolute atomic E-state index is 13.3. The Hall–Kier alpha value is -2.63. The molecule has 0 unspecified atom stereocenters. The van der Waals surface area contributed by atoms with E-state index in [0.29, 0.717) is 6.07 Å². The van der Waals surface area contributed by atoms with E-state index in [1.165, 1.54) is 6.92 Å². The monoisotopic (exact) mass is 441 g/mol. The van der Waals surface area contributed by atoms with Gasteiger partial charge in [-0.2, -0.15) is 31.4 Å². The molecule has 1 atom stereocenters. The van der Waals surface area contributed by atoms with Crippen molar-refractivity contribution in [3.05, 3.63) is 29.5 Å². The molecule has 2 aromatic rings. The molecule has 12 heteroatoms. The van der Waals surface area contributed by atoms with Crippen molar-refractivity contribution in [3.8, 4) is 0 Å². The van der Waals surface area contributed by atoms with Gasteiger partial charge < -0.3 is 10.6 Å². The van der Waals surface area contributed by atoms with Crippen LogP contribution in [0.5, 0.6) is 0 Å². The van der Waals surface area contributed by atoms with Crippen LogP contribution in [0.15, 0.2) is 18.3 Å². The van der Waals surface area contributed by atoms with Gasteiger partial charge in [0.25, 0.3) is 0 Å². The molecule has 1 heterocycles. The number of rotatable bonds is 5. The molecule has 1 amide bonds. The number of aromatic nitrogens is 2. The topological polar surface area (TPSA) is 70.1 Å². The number of benzene rings is 1. The van der Waals surface area contributed by atoms with Crippen LogP contribution in [0, 0.1) is 0 Å². The van der Waals surface area contributed by atoms with Crippen molar-refractivity contribution in [2.75, 3.05) is 26.1 Å². The van der Waals surface area contributed by atoms with Gasteiger partial charge in [0.1, 0.15) is 11.6 Å². The first-order valence-electron chi connectivity index (χ1n) is 8.93. The maximum atomic E-state index is 13.3. The van der Waals surface area contributed by atoms with Crippen LogP contribution in [0.25, 0.3) is 10.9 Å². The predicted molar refractivity (Wildman–Crippen MR) is 103 cm³/mol. The molecule has 0 bridgehead atoms. The highest BCUT2D eigenvalue weighted by molar-refractivity contribution is 5.95. The van der Waals surface area contributed by atoms with Gasteiger partial charge in [-0.25, -0.2) is 0 Å². The van der Waals surface area contributed by atoms with Gasteiger partial charge in [0.05, 0.1) is 29.7 Å². The Labute approximate surface area is 171 Å². The first-order chi connectivity index (χ1) is 13.8.